The Morgan fingerprint density at radius 1 is 1.27 bits per heavy atom. The van der Waals surface area contributed by atoms with Gasteiger partial charge in [-0.25, -0.2) is 0 Å². The van der Waals surface area contributed by atoms with Gasteiger partial charge in [0.1, 0.15) is 0 Å². The summed E-state index contributed by atoms with van der Waals surface area (Å²) in [5.74, 6) is 0. The molecule has 0 amide bonds. The van der Waals surface area contributed by atoms with E-state index in [4.69, 9.17) is 4.55 Å². The molecule has 80 valence electrons. The number of hydrogen-bond donors (Lipinski definition) is 1. The molecule has 0 saturated heterocycles. The van der Waals surface area contributed by atoms with Gasteiger partial charge < -0.3 is 4.90 Å². The molecule has 1 aromatic carbocycles. The van der Waals surface area contributed by atoms with E-state index in [0.29, 0.717) is 5.56 Å². The second kappa shape index (κ2) is 5.32. The maximum atomic E-state index is 10.9. The summed E-state index contributed by atoms with van der Waals surface area (Å²) >= 11 is 0. The van der Waals surface area contributed by atoms with Crippen LogP contribution in [-0.2, 0) is 10.1 Å². The molecule has 0 aliphatic rings. The van der Waals surface area contributed by atoms with Crippen LogP contribution in [0.1, 0.15) is 5.56 Å². The summed E-state index contributed by atoms with van der Waals surface area (Å²) in [6, 6.07) is 4.76. The van der Waals surface area contributed by atoms with Crippen molar-refractivity contribution in [3.63, 3.8) is 0 Å². The van der Waals surface area contributed by atoms with Crippen molar-refractivity contribution >= 4 is 45.4 Å². The maximum absolute atomic E-state index is 10.9. The number of rotatable bonds is 2. The van der Waals surface area contributed by atoms with Crippen LogP contribution in [0.5, 0.6) is 0 Å². The van der Waals surface area contributed by atoms with Crippen LogP contribution in [0.15, 0.2) is 23.1 Å². The topological polar surface area (TPSA) is 57.6 Å². The third kappa shape index (κ3) is 3.77. The van der Waals surface area contributed by atoms with Gasteiger partial charge in [0.25, 0.3) is 10.1 Å². The third-order valence-corrected chi connectivity index (χ3v) is 2.97. The molecule has 1 N–H and O–H groups in total. The summed E-state index contributed by atoms with van der Waals surface area (Å²) in [4.78, 5) is 1.82. The monoisotopic (exact) mass is 239 g/mol. The molecule has 0 aliphatic heterocycles. The fraction of sp³-hybridized carbons (Fsp3) is 0.333. The molecular formula is C9H14NNaO3S. The fourth-order valence-electron chi connectivity index (χ4n) is 1.20. The Bertz CT molecular complexity index is 443. The molecule has 0 radical (unpaired) electrons. The molecule has 1 aromatic rings. The van der Waals surface area contributed by atoms with Gasteiger partial charge in [-0.05, 0) is 30.7 Å². The van der Waals surface area contributed by atoms with Gasteiger partial charge in [-0.1, -0.05) is 0 Å². The van der Waals surface area contributed by atoms with Crippen LogP contribution in [0, 0.1) is 6.92 Å². The third-order valence-electron chi connectivity index (χ3n) is 1.95. The van der Waals surface area contributed by atoms with E-state index in [1.165, 1.54) is 6.07 Å². The van der Waals surface area contributed by atoms with Crippen LogP contribution in [0.4, 0.5) is 5.69 Å². The molecule has 0 spiro atoms. The van der Waals surface area contributed by atoms with E-state index in [9.17, 15) is 8.42 Å². The second-order valence-electron chi connectivity index (χ2n) is 3.32. The second-order valence-corrected chi connectivity index (χ2v) is 4.71. The average Bonchev–Trinajstić information content (AvgIpc) is 2.01. The first kappa shape index (κ1) is 14.9. The first-order chi connectivity index (χ1) is 6.32. The van der Waals surface area contributed by atoms with E-state index in [1.54, 1.807) is 19.1 Å². The first-order valence-electron chi connectivity index (χ1n) is 4.08. The molecule has 0 bridgehead atoms. The van der Waals surface area contributed by atoms with Gasteiger partial charge in [-0.3, -0.25) is 4.55 Å². The predicted octanol–water partition coefficient (Wildman–Crippen LogP) is 0.659. The van der Waals surface area contributed by atoms with Crippen molar-refractivity contribution in [2.24, 2.45) is 0 Å². The van der Waals surface area contributed by atoms with Crippen molar-refractivity contribution in [3.05, 3.63) is 23.8 Å². The Kier molecular flexibility index (Phi) is 5.29. The minimum absolute atomic E-state index is 0. The van der Waals surface area contributed by atoms with Crippen molar-refractivity contribution in [3.8, 4) is 0 Å². The van der Waals surface area contributed by atoms with Gasteiger partial charge in [0, 0.05) is 19.8 Å². The Hall–Kier alpha value is -0.0700. The zero-order valence-corrected chi connectivity index (χ0v) is 9.17. The van der Waals surface area contributed by atoms with E-state index in [1.807, 2.05) is 19.0 Å². The molecular weight excluding hydrogens is 225 g/mol. The van der Waals surface area contributed by atoms with E-state index in [0.717, 1.165) is 5.69 Å². The standard InChI is InChI=1S/C9H13NO3S.Na.H/c1-7-6-8(10(2)3)4-5-9(7)14(11,12)13;;/h4-6H,1-3H3,(H,11,12,13);;. The van der Waals surface area contributed by atoms with Gasteiger partial charge in [0.15, 0.2) is 0 Å². The van der Waals surface area contributed by atoms with E-state index >= 15 is 0 Å². The van der Waals surface area contributed by atoms with Crippen LogP contribution in [0.25, 0.3) is 0 Å². The quantitative estimate of drug-likeness (QED) is 0.608. The van der Waals surface area contributed by atoms with Gasteiger partial charge in [0.2, 0.25) is 0 Å². The van der Waals surface area contributed by atoms with E-state index in [-0.39, 0.29) is 34.5 Å². The molecule has 0 heterocycles. The van der Waals surface area contributed by atoms with Crippen molar-refractivity contribution in [1.82, 2.24) is 0 Å². The summed E-state index contributed by atoms with van der Waals surface area (Å²) in [7, 11) is -0.368. The molecule has 4 nitrogen and oxygen atoms in total. The fourth-order valence-corrected chi connectivity index (χ4v) is 1.91. The molecule has 0 saturated carbocycles. The van der Waals surface area contributed by atoms with Gasteiger partial charge >= 0.3 is 29.6 Å². The molecule has 0 aliphatic carbocycles. The van der Waals surface area contributed by atoms with Crippen LogP contribution in [0.3, 0.4) is 0 Å². The van der Waals surface area contributed by atoms with E-state index < -0.39 is 10.1 Å². The van der Waals surface area contributed by atoms with Crippen LogP contribution >= 0.6 is 0 Å². The summed E-state index contributed by atoms with van der Waals surface area (Å²) in [6.07, 6.45) is 0. The number of nitrogens with zero attached hydrogens (tertiary/aromatic N) is 1. The number of hydrogen-bond acceptors (Lipinski definition) is 3. The van der Waals surface area contributed by atoms with Crippen molar-refractivity contribution in [2.75, 3.05) is 19.0 Å². The summed E-state index contributed by atoms with van der Waals surface area (Å²) < 4.78 is 30.6. The molecule has 0 atom stereocenters. The number of anilines is 1. The normalized spacial score (nSPS) is 10.7. The molecule has 6 heteroatoms. The van der Waals surface area contributed by atoms with E-state index in [2.05, 4.69) is 0 Å². The molecule has 0 aromatic heterocycles. The van der Waals surface area contributed by atoms with Crippen molar-refractivity contribution in [2.45, 2.75) is 11.8 Å². The molecule has 15 heavy (non-hydrogen) atoms. The predicted molar refractivity (Wildman–Crippen MR) is 62.5 cm³/mol. The molecule has 0 unspecified atom stereocenters. The van der Waals surface area contributed by atoms with Crippen LogP contribution in [-0.4, -0.2) is 56.6 Å². The van der Waals surface area contributed by atoms with Crippen LogP contribution < -0.4 is 4.90 Å². The minimum atomic E-state index is -4.09. The van der Waals surface area contributed by atoms with Crippen molar-refractivity contribution < 1.29 is 13.0 Å². The Morgan fingerprint density at radius 3 is 2.13 bits per heavy atom. The van der Waals surface area contributed by atoms with Crippen molar-refractivity contribution in [1.29, 1.82) is 0 Å². The first-order valence-corrected chi connectivity index (χ1v) is 5.52. The average molecular weight is 239 g/mol. The summed E-state index contributed by atoms with van der Waals surface area (Å²) in [5.41, 5.74) is 1.44. The number of benzene rings is 1. The Morgan fingerprint density at radius 2 is 1.80 bits per heavy atom. The summed E-state index contributed by atoms with van der Waals surface area (Å²) in [6.45, 7) is 1.65. The molecule has 0 fully saturated rings. The number of aryl methyl sites for hydroxylation is 1. The van der Waals surface area contributed by atoms with Gasteiger partial charge in [-0.15, -0.1) is 0 Å². The van der Waals surface area contributed by atoms with Gasteiger partial charge in [-0.2, -0.15) is 8.42 Å². The van der Waals surface area contributed by atoms with Crippen LogP contribution in [0.2, 0.25) is 0 Å². The van der Waals surface area contributed by atoms with Gasteiger partial charge in [0.05, 0.1) is 4.90 Å². The zero-order valence-electron chi connectivity index (χ0n) is 8.35. The SMILES string of the molecule is Cc1cc(N(C)C)ccc1S(=O)(=O)O.[NaH]. The summed E-state index contributed by atoms with van der Waals surface area (Å²) in [5, 5.41) is 0. The Balaban J connectivity index is 0.00000196. The zero-order chi connectivity index (χ0) is 10.9. The molecule has 1 rings (SSSR count). The Labute approximate surface area is 112 Å².